The van der Waals surface area contributed by atoms with Crippen LogP contribution in [0.15, 0.2) is 53.4 Å². The number of ether oxygens (including phenoxy) is 2. The summed E-state index contributed by atoms with van der Waals surface area (Å²) in [6, 6.07) is 14.3. The summed E-state index contributed by atoms with van der Waals surface area (Å²) in [7, 11) is 3.26. The van der Waals surface area contributed by atoms with Crippen LogP contribution >= 0.6 is 11.8 Å². The lowest BCUT2D eigenvalue weighted by molar-refractivity contribution is -0.115. The Morgan fingerprint density at radius 2 is 1.68 bits per heavy atom. The molecule has 2 aromatic rings. The minimum Gasteiger partial charge on any atom is -0.493 e. The Morgan fingerprint density at radius 3 is 2.32 bits per heavy atom. The molecule has 1 aliphatic rings. The quantitative estimate of drug-likeness (QED) is 0.711. The summed E-state index contributed by atoms with van der Waals surface area (Å²) in [6.45, 7) is 0. The predicted octanol–water partition coefficient (Wildman–Crippen LogP) is 4.96. The van der Waals surface area contributed by atoms with Gasteiger partial charge in [0.1, 0.15) is 0 Å². The van der Waals surface area contributed by atoms with E-state index >= 15 is 0 Å². The van der Waals surface area contributed by atoms with Gasteiger partial charge in [0.2, 0.25) is 0 Å². The Labute approximate surface area is 153 Å². The molecule has 25 heavy (non-hydrogen) atoms. The summed E-state index contributed by atoms with van der Waals surface area (Å²) in [5, 5.41) is 0. The van der Waals surface area contributed by atoms with E-state index in [-0.39, 0.29) is 11.7 Å². The van der Waals surface area contributed by atoms with E-state index in [4.69, 9.17) is 9.47 Å². The van der Waals surface area contributed by atoms with Crippen LogP contribution in [0.1, 0.15) is 29.9 Å². The van der Waals surface area contributed by atoms with Crippen molar-refractivity contribution in [3.8, 4) is 11.5 Å². The molecule has 0 N–H and O–H groups in total. The highest BCUT2D eigenvalue weighted by Gasteiger charge is 2.24. The molecule has 0 aliphatic heterocycles. The molecule has 3 rings (SSSR count). The number of hydrogen-bond donors (Lipinski definition) is 0. The van der Waals surface area contributed by atoms with E-state index in [1.54, 1.807) is 32.1 Å². The lowest BCUT2D eigenvalue weighted by atomic mass is 9.81. The molecule has 0 unspecified atom stereocenters. The van der Waals surface area contributed by atoms with Crippen molar-refractivity contribution in [1.82, 2.24) is 0 Å². The fourth-order valence-corrected chi connectivity index (χ4v) is 3.65. The first-order valence-corrected chi connectivity index (χ1v) is 9.47. The lowest BCUT2D eigenvalue weighted by Crippen LogP contribution is -2.12. The second-order valence-corrected chi connectivity index (χ2v) is 6.96. The highest BCUT2D eigenvalue weighted by Crippen LogP contribution is 2.39. The maximum absolute atomic E-state index is 12.3. The van der Waals surface area contributed by atoms with Gasteiger partial charge in [0.15, 0.2) is 17.3 Å². The van der Waals surface area contributed by atoms with Gasteiger partial charge in [-0.1, -0.05) is 18.2 Å². The molecule has 0 saturated heterocycles. The summed E-state index contributed by atoms with van der Waals surface area (Å²) in [5.41, 5.74) is 3.33. The minimum absolute atomic E-state index is 0.160. The molecule has 130 valence electrons. The van der Waals surface area contributed by atoms with Crippen LogP contribution in [0, 0.1) is 0 Å². The van der Waals surface area contributed by atoms with Crippen LogP contribution in [0.3, 0.4) is 0 Å². The van der Waals surface area contributed by atoms with Gasteiger partial charge >= 0.3 is 0 Å². The topological polar surface area (TPSA) is 35.5 Å². The van der Waals surface area contributed by atoms with Crippen molar-refractivity contribution in [2.24, 2.45) is 0 Å². The Hall–Kier alpha value is -2.20. The Morgan fingerprint density at radius 1 is 0.960 bits per heavy atom. The molecular weight excluding hydrogens is 332 g/mol. The van der Waals surface area contributed by atoms with Crippen LogP contribution in [0.25, 0.3) is 5.57 Å². The average molecular weight is 354 g/mol. The third kappa shape index (κ3) is 3.90. The van der Waals surface area contributed by atoms with E-state index in [0.29, 0.717) is 17.9 Å². The molecule has 0 heterocycles. The number of hydrogen-bond acceptors (Lipinski definition) is 4. The van der Waals surface area contributed by atoms with Crippen LogP contribution in [0.2, 0.25) is 0 Å². The molecule has 0 amide bonds. The summed E-state index contributed by atoms with van der Waals surface area (Å²) in [5.74, 6) is 1.74. The Bertz CT molecular complexity index is 793. The van der Waals surface area contributed by atoms with E-state index < -0.39 is 0 Å². The fraction of sp³-hybridized carbons (Fsp3) is 0.286. The van der Waals surface area contributed by atoms with E-state index in [1.807, 2.05) is 18.2 Å². The molecule has 0 saturated carbocycles. The summed E-state index contributed by atoms with van der Waals surface area (Å²) < 4.78 is 10.7. The van der Waals surface area contributed by atoms with Crippen molar-refractivity contribution in [3.05, 3.63) is 59.7 Å². The smallest absolute Gasteiger partial charge is 0.160 e. The van der Waals surface area contributed by atoms with Gasteiger partial charge in [-0.25, -0.2) is 0 Å². The van der Waals surface area contributed by atoms with E-state index in [2.05, 4.69) is 30.5 Å². The first kappa shape index (κ1) is 17.6. The standard InChI is InChI=1S/C21H22O3S/c1-23-20-9-6-15(13-21(20)24-2)17-10-16(11-18(22)12-17)14-4-7-19(25-3)8-5-14/h4-9,11,13,17H,10,12H2,1-3H3/t17-/m1/s1. The largest absolute Gasteiger partial charge is 0.493 e. The van der Waals surface area contributed by atoms with Crippen LogP contribution in [-0.2, 0) is 4.79 Å². The molecule has 0 spiro atoms. The van der Waals surface area contributed by atoms with E-state index in [0.717, 1.165) is 23.1 Å². The second kappa shape index (κ2) is 7.79. The molecule has 2 aromatic carbocycles. The van der Waals surface area contributed by atoms with Crippen LogP contribution in [0.5, 0.6) is 11.5 Å². The maximum Gasteiger partial charge on any atom is 0.160 e. The fourth-order valence-electron chi connectivity index (χ4n) is 3.24. The van der Waals surface area contributed by atoms with E-state index in [9.17, 15) is 4.79 Å². The zero-order chi connectivity index (χ0) is 17.8. The maximum atomic E-state index is 12.3. The normalized spacial score (nSPS) is 17.2. The number of carbonyl (C=O) groups is 1. The van der Waals surface area contributed by atoms with Crippen LogP contribution < -0.4 is 9.47 Å². The first-order valence-electron chi connectivity index (χ1n) is 8.24. The van der Waals surface area contributed by atoms with Crippen molar-refractivity contribution < 1.29 is 14.3 Å². The lowest BCUT2D eigenvalue weighted by Gasteiger charge is -2.23. The van der Waals surface area contributed by atoms with Gasteiger partial charge in [-0.15, -0.1) is 11.8 Å². The van der Waals surface area contributed by atoms with Gasteiger partial charge in [0.05, 0.1) is 14.2 Å². The predicted molar refractivity (Wildman–Crippen MR) is 103 cm³/mol. The van der Waals surface area contributed by atoms with E-state index in [1.165, 1.54) is 4.90 Å². The molecule has 0 radical (unpaired) electrons. The second-order valence-electron chi connectivity index (χ2n) is 6.08. The van der Waals surface area contributed by atoms with Gasteiger partial charge in [-0.3, -0.25) is 4.79 Å². The highest BCUT2D eigenvalue weighted by atomic mass is 32.2. The zero-order valence-electron chi connectivity index (χ0n) is 14.7. The van der Waals surface area contributed by atoms with Gasteiger partial charge in [0, 0.05) is 11.3 Å². The van der Waals surface area contributed by atoms with Crippen LogP contribution in [0.4, 0.5) is 0 Å². The first-order chi connectivity index (χ1) is 12.1. The number of ketones is 1. The summed E-state index contributed by atoms with van der Waals surface area (Å²) >= 11 is 1.72. The highest BCUT2D eigenvalue weighted by molar-refractivity contribution is 7.98. The zero-order valence-corrected chi connectivity index (χ0v) is 15.6. The third-order valence-electron chi connectivity index (χ3n) is 4.59. The number of methoxy groups -OCH3 is 2. The Kier molecular flexibility index (Phi) is 5.49. The number of allylic oxidation sites excluding steroid dienone is 2. The minimum atomic E-state index is 0.160. The molecule has 0 bridgehead atoms. The van der Waals surface area contributed by atoms with Gasteiger partial charge < -0.3 is 9.47 Å². The molecule has 0 aromatic heterocycles. The Balaban J connectivity index is 1.87. The molecule has 1 atom stereocenters. The van der Waals surface area contributed by atoms with Gasteiger partial charge in [0.25, 0.3) is 0 Å². The van der Waals surface area contributed by atoms with Gasteiger partial charge in [-0.05, 0) is 65.6 Å². The van der Waals surface area contributed by atoms with Crippen molar-refractivity contribution in [3.63, 3.8) is 0 Å². The molecule has 0 fully saturated rings. The average Bonchev–Trinajstić information content (AvgIpc) is 2.67. The summed E-state index contributed by atoms with van der Waals surface area (Å²) in [6.07, 6.45) is 5.23. The van der Waals surface area contributed by atoms with Crippen molar-refractivity contribution in [2.45, 2.75) is 23.7 Å². The molecule has 4 heteroatoms. The molecular formula is C21H22O3S. The third-order valence-corrected chi connectivity index (χ3v) is 5.33. The number of benzene rings is 2. The number of rotatable bonds is 5. The van der Waals surface area contributed by atoms with Crippen molar-refractivity contribution in [2.75, 3.05) is 20.5 Å². The monoisotopic (exact) mass is 354 g/mol. The summed E-state index contributed by atoms with van der Waals surface area (Å²) in [4.78, 5) is 13.5. The number of carbonyl (C=O) groups excluding carboxylic acids is 1. The van der Waals surface area contributed by atoms with Gasteiger partial charge in [-0.2, -0.15) is 0 Å². The number of thioether (sulfide) groups is 1. The van der Waals surface area contributed by atoms with Crippen molar-refractivity contribution >= 4 is 23.1 Å². The van der Waals surface area contributed by atoms with Crippen LogP contribution in [-0.4, -0.2) is 26.3 Å². The van der Waals surface area contributed by atoms with Crippen molar-refractivity contribution in [1.29, 1.82) is 0 Å². The molecule has 3 nitrogen and oxygen atoms in total. The molecule has 1 aliphatic carbocycles. The SMILES string of the molecule is COc1ccc([C@H]2CC(=O)C=C(c3ccc(SC)cc3)C2)cc1OC.